The van der Waals surface area contributed by atoms with Crippen LogP contribution in [0.4, 0.5) is 8.78 Å². The van der Waals surface area contributed by atoms with Gasteiger partial charge in [0.2, 0.25) is 5.91 Å². The molecule has 1 atom stereocenters. The third kappa shape index (κ3) is 4.63. The van der Waals surface area contributed by atoms with Crippen molar-refractivity contribution in [2.45, 2.75) is 19.1 Å². The van der Waals surface area contributed by atoms with E-state index < -0.39 is 16.9 Å². The van der Waals surface area contributed by atoms with E-state index >= 15 is 0 Å². The Morgan fingerprint density at radius 2 is 2.00 bits per heavy atom. The first-order valence-corrected chi connectivity index (χ1v) is 6.88. The Balaban J connectivity index is 2.61. The van der Waals surface area contributed by atoms with E-state index in [0.29, 0.717) is 6.54 Å². The fourth-order valence-electron chi connectivity index (χ4n) is 1.41. The number of hydrogen-bond acceptors (Lipinski definition) is 3. The first kappa shape index (κ1) is 15.6. The summed E-state index contributed by atoms with van der Waals surface area (Å²) in [5.41, 5.74) is 0.106. The molecule has 3 nitrogen and oxygen atoms in total. The molecule has 6 heteroatoms. The van der Waals surface area contributed by atoms with Gasteiger partial charge in [-0.2, -0.15) is 0 Å². The molecule has 0 radical (unpaired) electrons. The van der Waals surface area contributed by atoms with Gasteiger partial charge in [-0.15, -0.1) is 11.8 Å². The van der Waals surface area contributed by atoms with Gasteiger partial charge in [-0.25, -0.2) is 8.78 Å². The van der Waals surface area contributed by atoms with Crippen LogP contribution in [0, 0.1) is 11.6 Å². The van der Waals surface area contributed by atoms with Crippen molar-refractivity contribution in [1.82, 2.24) is 5.32 Å². The molecule has 1 aromatic carbocycles. The summed E-state index contributed by atoms with van der Waals surface area (Å²) in [4.78, 5) is 23.2. The van der Waals surface area contributed by atoms with Crippen LogP contribution >= 0.6 is 11.8 Å². The molecule has 19 heavy (non-hydrogen) atoms. The highest BCUT2D eigenvalue weighted by atomic mass is 32.2. The molecular formula is C13H15F2NO2S. The first-order chi connectivity index (χ1) is 8.95. The van der Waals surface area contributed by atoms with Gasteiger partial charge in [0, 0.05) is 12.1 Å². The number of thioether (sulfide) groups is 1. The molecule has 1 aromatic rings. The van der Waals surface area contributed by atoms with Crippen molar-refractivity contribution in [3.63, 3.8) is 0 Å². The molecule has 104 valence electrons. The molecule has 0 aliphatic carbocycles. The van der Waals surface area contributed by atoms with Gasteiger partial charge in [0.1, 0.15) is 0 Å². The molecule has 1 unspecified atom stereocenters. The maximum Gasteiger partial charge on any atom is 0.230 e. The van der Waals surface area contributed by atoms with E-state index in [1.54, 1.807) is 13.8 Å². The van der Waals surface area contributed by atoms with Gasteiger partial charge in [-0.3, -0.25) is 9.59 Å². The van der Waals surface area contributed by atoms with E-state index in [1.165, 1.54) is 6.07 Å². The third-order valence-electron chi connectivity index (χ3n) is 2.41. The van der Waals surface area contributed by atoms with Crippen LogP contribution in [0.15, 0.2) is 18.2 Å². The van der Waals surface area contributed by atoms with Gasteiger partial charge in [0.25, 0.3) is 0 Å². The normalized spacial score (nSPS) is 12.0. The highest BCUT2D eigenvalue weighted by Gasteiger charge is 2.18. The summed E-state index contributed by atoms with van der Waals surface area (Å²) in [6.07, 6.45) is 0. The highest BCUT2D eigenvalue weighted by molar-refractivity contribution is 8.01. The van der Waals surface area contributed by atoms with Gasteiger partial charge >= 0.3 is 0 Å². The van der Waals surface area contributed by atoms with Crippen molar-refractivity contribution in [2.75, 3.05) is 12.3 Å². The second-order valence-electron chi connectivity index (χ2n) is 3.90. The Kier molecular flexibility index (Phi) is 5.95. The Morgan fingerprint density at radius 3 is 2.58 bits per heavy atom. The van der Waals surface area contributed by atoms with Crippen LogP contribution < -0.4 is 5.32 Å². The molecule has 0 heterocycles. The zero-order valence-corrected chi connectivity index (χ0v) is 11.5. The molecule has 0 spiro atoms. The lowest BCUT2D eigenvalue weighted by molar-refractivity contribution is -0.118. The number of carbonyl (C=O) groups excluding carboxylic acids is 2. The highest BCUT2D eigenvalue weighted by Crippen LogP contribution is 2.17. The first-order valence-electron chi connectivity index (χ1n) is 5.83. The predicted molar refractivity (Wildman–Crippen MR) is 71.3 cm³/mol. The number of Topliss-reactive ketones (excluding diaryl/α,β-unsaturated/α-hetero) is 1. The molecule has 1 N–H and O–H groups in total. The Labute approximate surface area is 114 Å². The quantitative estimate of drug-likeness (QED) is 0.817. The zero-order chi connectivity index (χ0) is 14.4. The molecule has 0 saturated carbocycles. The predicted octanol–water partition coefficient (Wildman–Crippen LogP) is 2.41. The monoisotopic (exact) mass is 287 g/mol. The third-order valence-corrected chi connectivity index (χ3v) is 3.55. The minimum absolute atomic E-state index is 0.106. The summed E-state index contributed by atoms with van der Waals surface area (Å²) in [5.74, 6) is -2.36. The fraction of sp³-hybridized carbons (Fsp3) is 0.385. The lowest BCUT2D eigenvalue weighted by atomic mass is 10.1. The summed E-state index contributed by atoms with van der Waals surface area (Å²) < 4.78 is 25.8. The summed E-state index contributed by atoms with van der Waals surface area (Å²) in [5, 5.41) is 2.12. The number of ketones is 1. The number of rotatable bonds is 6. The maximum absolute atomic E-state index is 13.0. The van der Waals surface area contributed by atoms with Crippen molar-refractivity contribution in [1.29, 1.82) is 0 Å². The topological polar surface area (TPSA) is 46.2 Å². The fourth-order valence-corrected chi connectivity index (χ4v) is 2.20. The second kappa shape index (κ2) is 7.23. The molecule has 0 fully saturated rings. The maximum atomic E-state index is 13.0. The lowest BCUT2D eigenvalue weighted by Gasteiger charge is -2.10. The van der Waals surface area contributed by atoms with Crippen molar-refractivity contribution >= 4 is 23.5 Å². The number of carbonyl (C=O) groups is 2. The molecule has 0 aromatic heterocycles. The summed E-state index contributed by atoms with van der Waals surface area (Å²) in [6.45, 7) is 3.97. The Bertz CT molecular complexity index is 480. The standard InChI is InChI=1S/C13H15F2NO2S/c1-3-16-12(17)7-19-8(2)13(18)9-4-5-10(14)11(15)6-9/h4-6,8H,3,7H2,1-2H3,(H,16,17). The summed E-state index contributed by atoms with van der Waals surface area (Å²) in [6, 6.07) is 3.04. The number of amides is 1. The molecule has 0 bridgehead atoms. The van der Waals surface area contributed by atoms with Gasteiger partial charge in [0.05, 0.1) is 11.0 Å². The van der Waals surface area contributed by atoms with Crippen LogP contribution in [0.25, 0.3) is 0 Å². The Morgan fingerprint density at radius 1 is 1.32 bits per heavy atom. The molecule has 0 aliphatic rings. The number of benzene rings is 1. The summed E-state index contributed by atoms with van der Waals surface area (Å²) >= 11 is 1.16. The van der Waals surface area contributed by atoms with Gasteiger partial charge in [0.15, 0.2) is 17.4 Å². The van der Waals surface area contributed by atoms with Crippen LogP contribution in [-0.4, -0.2) is 29.2 Å². The average molecular weight is 287 g/mol. The number of halogens is 2. The van der Waals surface area contributed by atoms with E-state index in [-0.39, 0.29) is 23.0 Å². The van der Waals surface area contributed by atoms with Crippen LogP contribution in [0.3, 0.4) is 0 Å². The van der Waals surface area contributed by atoms with Crippen molar-refractivity contribution in [2.24, 2.45) is 0 Å². The van der Waals surface area contributed by atoms with E-state index in [9.17, 15) is 18.4 Å². The SMILES string of the molecule is CCNC(=O)CSC(C)C(=O)c1ccc(F)c(F)c1. The molecular weight excluding hydrogens is 272 g/mol. The van der Waals surface area contributed by atoms with E-state index in [1.807, 2.05) is 0 Å². The number of nitrogens with one attached hydrogen (secondary N) is 1. The Hall–Kier alpha value is -1.43. The lowest BCUT2D eigenvalue weighted by Crippen LogP contribution is -2.26. The summed E-state index contributed by atoms with van der Waals surface area (Å²) in [7, 11) is 0. The molecule has 0 saturated heterocycles. The van der Waals surface area contributed by atoms with Crippen molar-refractivity contribution < 1.29 is 18.4 Å². The molecule has 1 amide bonds. The van der Waals surface area contributed by atoms with Gasteiger partial charge in [-0.05, 0) is 32.0 Å². The van der Waals surface area contributed by atoms with E-state index in [2.05, 4.69) is 5.32 Å². The van der Waals surface area contributed by atoms with Crippen LogP contribution in [0.2, 0.25) is 0 Å². The average Bonchev–Trinajstić information content (AvgIpc) is 2.38. The number of hydrogen-bond donors (Lipinski definition) is 1. The minimum atomic E-state index is -1.05. The van der Waals surface area contributed by atoms with Crippen LogP contribution in [-0.2, 0) is 4.79 Å². The zero-order valence-electron chi connectivity index (χ0n) is 10.7. The van der Waals surface area contributed by atoms with Crippen LogP contribution in [0.5, 0.6) is 0 Å². The van der Waals surface area contributed by atoms with Crippen molar-refractivity contribution in [3.8, 4) is 0 Å². The van der Waals surface area contributed by atoms with Gasteiger partial charge in [-0.1, -0.05) is 0 Å². The minimum Gasteiger partial charge on any atom is -0.356 e. The van der Waals surface area contributed by atoms with Crippen molar-refractivity contribution in [3.05, 3.63) is 35.4 Å². The van der Waals surface area contributed by atoms with Gasteiger partial charge < -0.3 is 5.32 Å². The van der Waals surface area contributed by atoms with E-state index in [4.69, 9.17) is 0 Å². The second-order valence-corrected chi connectivity index (χ2v) is 5.23. The largest absolute Gasteiger partial charge is 0.356 e. The van der Waals surface area contributed by atoms with E-state index in [0.717, 1.165) is 23.9 Å². The molecule has 1 rings (SSSR count). The molecule has 0 aliphatic heterocycles. The van der Waals surface area contributed by atoms with Crippen LogP contribution in [0.1, 0.15) is 24.2 Å². The smallest absolute Gasteiger partial charge is 0.230 e.